The van der Waals surface area contributed by atoms with Gasteiger partial charge in [0.2, 0.25) is 0 Å². The molecule has 2 aliphatic rings. The molecule has 20 heavy (non-hydrogen) atoms. The summed E-state index contributed by atoms with van der Waals surface area (Å²) in [6, 6.07) is 4.60. The van der Waals surface area contributed by atoms with Gasteiger partial charge in [-0.25, -0.2) is 0 Å². The molecule has 2 heterocycles. The van der Waals surface area contributed by atoms with Crippen LogP contribution in [0.15, 0.2) is 16.5 Å². The van der Waals surface area contributed by atoms with Gasteiger partial charge in [-0.15, -0.1) is 0 Å². The maximum atomic E-state index is 6.16. The highest BCUT2D eigenvalue weighted by atomic mass is 16.5. The molecule has 2 fully saturated rings. The van der Waals surface area contributed by atoms with E-state index in [9.17, 15) is 0 Å². The molecule has 0 bridgehead atoms. The van der Waals surface area contributed by atoms with E-state index in [1.165, 1.54) is 32.1 Å². The van der Waals surface area contributed by atoms with Crippen LogP contribution in [0.1, 0.15) is 63.0 Å². The Morgan fingerprint density at radius 1 is 1.35 bits per heavy atom. The summed E-state index contributed by atoms with van der Waals surface area (Å²) in [7, 11) is 2.05. The van der Waals surface area contributed by atoms with Crippen LogP contribution in [0.2, 0.25) is 0 Å². The summed E-state index contributed by atoms with van der Waals surface area (Å²) < 4.78 is 12.1. The van der Waals surface area contributed by atoms with E-state index in [0.29, 0.717) is 12.0 Å². The molecule has 2 atom stereocenters. The second kappa shape index (κ2) is 5.90. The average molecular weight is 277 g/mol. The fourth-order valence-electron chi connectivity index (χ4n) is 4.08. The van der Waals surface area contributed by atoms with Gasteiger partial charge in [0.15, 0.2) is 0 Å². The summed E-state index contributed by atoms with van der Waals surface area (Å²) in [6.07, 6.45) is 8.44. The Bertz CT molecular complexity index is 434. The summed E-state index contributed by atoms with van der Waals surface area (Å²) in [5, 5.41) is 3.48. The van der Waals surface area contributed by atoms with Gasteiger partial charge in [0.05, 0.1) is 11.6 Å². The van der Waals surface area contributed by atoms with Crippen molar-refractivity contribution in [3.05, 3.63) is 23.7 Å². The lowest BCUT2D eigenvalue weighted by Crippen LogP contribution is -2.41. The highest BCUT2D eigenvalue weighted by Gasteiger charge is 2.42. The normalized spacial score (nSPS) is 27.0. The fourth-order valence-corrected chi connectivity index (χ4v) is 4.08. The Labute approximate surface area is 122 Å². The molecule has 1 aromatic rings. The van der Waals surface area contributed by atoms with Gasteiger partial charge in [-0.2, -0.15) is 0 Å². The molecule has 3 nitrogen and oxygen atoms in total. The molecule has 112 valence electrons. The lowest BCUT2D eigenvalue weighted by Gasteiger charge is -2.40. The number of ether oxygens (including phenoxy) is 1. The molecule has 1 aliphatic carbocycles. The van der Waals surface area contributed by atoms with Gasteiger partial charge in [0, 0.05) is 13.0 Å². The van der Waals surface area contributed by atoms with Crippen molar-refractivity contribution in [2.45, 2.75) is 63.5 Å². The fraction of sp³-hybridized carbons (Fsp3) is 0.765. The average Bonchev–Trinajstić information content (AvgIpc) is 3.10. The molecule has 1 spiro atoms. The second-order valence-corrected chi connectivity index (χ2v) is 6.42. The Morgan fingerprint density at radius 3 is 2.80 bits per heavy atom. The van der Waals surface area contributed by atoms with Crippen molar-refractivity contribution < 1.29 is 9.15 Å². The van der Waals surface area contributed by atoms with Crippen molar-refractivity contribution in [1.82, 2.24) is 5.32 Å². The number of hydrogen-bond donors (Lipinski definition) is 1. The van der Waals surface area contributed by atoms with E-state index in [1.54, 1.807) is 0 Å². The van der Waals surface area contributed by atoms with Gasteiger partial charge in [0.25, 0.3) is 0 Å². The van der Waals surface area contributed by atoms with Crippen LogP contribution in [0, 0.1) is 5.92 Å². The molecule has 1 aliphatic heterocycles. The summed E-state index contributed by atoms with van der Waals surface area (Å²) in [5.74, 6) is 2.81. The van der Waals surface area contributed by atoms with Gasteiger partial charge in [-0.05, 0) is 50.8 Å². The smallest absolute Gasteiger partial charge is 0.121 e. The van der Waals surface area contributed by atoms with Crippen molar-refractivity contribution in [1.29, 1.82) is 0 Å². The predicted molar refractivity (Wildman–Crippen MR) is 79.8 cm³/mol. The third-order valence-electron chi connectivity index (χ3n) is 5.17. The third kappa shape index (κ3) is 2.66. The molecule has 1 aromatic heterocycles. The maximum absolute atomic E-state index is 6.16. The van der Waals surface area contributed by atoms with Crippen LogP contribution < -0.4 is 5.32 Å². The van der Waals surface area contributed by atoms with Gasteiger partial charge < -0.3 is 14.5 Å². The van der Waals surface area contributed by atoms with E-state index in [1.807, 2.05) is 0 Å². The minimum absolute atomic E-state index is 0.179. The molecule has 2 unspecified atom stereocenters. The minimum atomic E-state index is 0.179. The first-order chi connectivity index (χ1) is 9.76. The van der Waals surface area contributed by atoms with E-state index in [2.05, 4.69) is 31.4 Å². The highest BCUT2D eigenvalue weighted by Crippen LogP contribution is 2.45. The number of hydrogen-bond acceptors (Lipinski definition) is 3. The summed E-state index contributed by atoms with van der Waals surface area (Å²) >= 11 is 0. The minimum Gasteiger partial charge on any atom is -0.464 e. The van der Waals surface area contributed by atoms with Gasteiger partial charge in [-0.1, -0.05) is 19.8 Å². The molecule has 1 saturated heterocycles. The van der Waals surface area contributed by atoms with Crippen LogP contribution in [-0.2, 0) is 11.2 Å². The van der Waals surface area contributed by atoms with Crippen molar-refractivity contribution in [3.8, 4) is 0 Å². The number of furan rings is 1. The molecular weight excluding hydrogens is 250 g/mol. The molecule has 1 N–H and O–H groups in total. The van der Waals surface area contributed by atoms with Gasteiger partial charge >= 0.3 is 0 Å². The zero-order valence-corrected chi connectivity index (χ0v) is 12.8. The number of rotatable bonds is 4. The number of aryl methyl sites for hydroxylation is 1. The van der Waals surface area contributed by atoms with Crippen molar-refractivity contribution in [2.75, 3.05) is 13.7 Å². The van der Waals surface area contributed by atoms with Crippen LogP contribution in [0.4, 0.5) is 0 Å². The molecular formula is C17H27NO2. The first-order valence-electron chi connectivity index (χ1n) is 8.16. The van der Waals surface area contributed by atoms with Crippen molar-refractivity contribution in [2.24, 2.45) is 5.92 Å². The Kier molecular flexibility index (Phi) is 4.18. The van der Waals surface area contributed by atoms with Crippen LogP contribution in [-0.4, -0.2) is 19.3 Å². The molecule has 0 amide bonds. The highest BCUT2D eigenvalue weighted by molar-refractivity contribution is 5.12. The molecule has 3 heteroatoms. The molecule has 0 radical (unpaired) electrons. The van der Waals surface area contributed by atoms with Crippen LogP contribution in [0.25, 0.3) is 0 Å². The van der Waals surface area contributed by atoms with Crippen LogP contribution in [0.3, 0.4) is 0 Å². The zero-order chi connectivity index (χ0) is 14.0. The molecule has 3 rings (SSSR count). The second-order valence-electron chi connectivity index (χ2n) is 6.42. The van der Waals surface area contributed by atoms with Crippen LogP contribution >= 0.6 is 0 Å². The Hall–Kier alpha value is -0.800. The maximum Gasteiger partial charge on any atom is 0.121 e. The molecule has 0 aromatic carbocycles. The quantitative estimate of drug-likeness (QED) is 0.908. The third-order valence-corrected chi connectivity index (χ3v) is 5.17. The Morgan fingerprint density at radius 2 is 2.15 bits per heavy atom. The monoisotopic (exact) mass is 277 g/mol. The predicted octanol–water partition coefficient (Wildman–Crippen LogP) is 3.84. The van der Waals surface area contributed by atoms with Gasteiger partial charge in [-0.3, -0.25) is 0 Å². The standard InChI is InChI=1S/C17H27NO2/c1-3-14-6-7-15(20-14)16(18-2)13-8-11-19-17(12-13)9-4-5-10-17/h6-7,13,16,18H,3-5,8-12H2,1-2H3. The largest absolute Gasteiger partial charge is 0.464 e. The van der Waals surface area contributed by atoms with E-state index in [-0.39, 0.29) is 5.60 Å². The van der Waals surface area contributed by atoms with Crippen molar-refractivity contribution >= 4 is 0 Å². The summed E-state index contributed by atoms with van der Waals surface area (Å²) in [6.45, 7) is 3.04. The topological polar surface area (TPSA) is 34.4 Å². The number of nitrogens with one attached hydrogen (secondary N) is 1. The first kappa shape index (κ1) is 14.2. The molecule has 1 saturated carbocycles. The van der Waals surface area contributed by atoms with Crippen molar-refractivity contribution in [3.63, 3.8) is 0 Å². The summed E-state index contributed by atoms with van der Waals surface area (Å²) in [4.78, 5) is 0. The Balaban J connectivity index is 1.75. The first-order valence-corrected chi connectivity index (χ1v) is 8.16. The van der Waals surface area contributed by atoms with Crippen LogP contribution in [0.5, 0.6) is 0 Å². The zero-order valence-electron chi connectivity index (χ0n) is 12.8. The van der Waals surface area contributed by atoms with E-state index < -0.39 is 0 Å². The lowest BCUT2D eigenvalue weighted by molar-refractivity contribution is -0.0988. The van der Waals surface area contributed by atoms with E-state index in [0.717, 1.165) is 31.0 Å². The van der Waals surface area contributed by atoms with E-state index in [4.69, 9.17) is 9.15 Å². The SMILES string of the molecule is CCc1ccc(C(NC)C2CCOC3(CCCC3)C2)o1. The van der Waals surface area contributed by atoms with E-state index >= 15 is 0 Å². The summed E-state index contributed by atoms with van der Waals surface area (Å²) in [5.41, 5.74) is 0.179. The van der Waals surface area contributed by atoms with Gasteiger partial charge in [0.1, 0.15) is 11.5 Å². The lowest BCUT2D eigenvalue weighted by atomic mass is 9.80.